The summed E-state index contributed by atoms with van der Waals surface area (Å²) in [6, 6.07) is 14.0. The second-order valence-electron chi connectivity index (χ2n) is 5.91. The van der Waals surface area contributed by atoms with Gasteiger partial charge in [0.1, 0.15) is 23.0 Å². The summed E-state index contributed by atoms with van der Waals surface area (Å²) < 4.78 is 13.5. The number of aromatic nitrogens is 2. The number of benzene rings is 2. The summed E-state index contributed by atoms with van der Waals surface area (Å²) in [5.74, 6) is 2.97. The number of aromatic hydroxyl groups is 1. The number of phenols is 1. The zero-order chi connectivity index (χ0) is 18.5. The molecule has 5 heteroatoms. The van der Waals surface area contributed by atoms with Gasteiger partial charge in [0.2, 0.25) is 5.88 Å². The number of hydrogen-bond acceptors (Lipinski definition) is 4. The van der Waals surface area contributed by atoms with E-state index in [0.717, 1.165) is 17.7 Å². The molecule has 3 aromatic rings. The standard InChI is InChI=1S/C21H22N2O3/c1-4-5-6-20-15(2)22-23(3)21(20)26-19-13-11-18(12-14-19)25-17-9-7-16(24)8-10-17/h5-14,24H,4H2,1-3H3/b6-5+. The van der Waals surface area contributed by atoms with Crippen molar-refractivity contribution in [3.63, 3.8) is 0 Å². The zero-order valence-corrected chi connectivity index (χ0v) is 15.1. The van der Waals surface area contributed by atoms with Crippen LogP contribution in [0.1, 0.15) is 24.6 Å². The smallest absolute Gasteiger partial charge is 0.225 e. The highest BCUT2D eigenvalue weighted by molar-refractivity contribution is 5.58. The van der Waals surface area contributed by atoms with Gasteiger partial charge in [-0.25, -0.2) is 4.68 Å². The maximum atomic E-state index is 9.32. The molecule has 0 fully saturated rings. The predicted octanol–water partition coefficient (Wildman–Crippen LogP) is 5.44. The average Bonchev–Trinajstić information content (AvgIpc) is 2.90. The minimum absolute atomic E-state index is 0.209. The first-order chi connectivity index (χ1) is 12.6. The molecule has 1 aromatic heterocycles. The predicted molar refractivity (Wildman–Crippen MR) is 102 cm³/mol. The average molecular weight is 350 g/mol. The van der Waals surface area contributed by atoms with Crippen LogP contribution >= 0.6 is 0 Å². The van der Waals surface area contributed by atoms with Crippen LogP contribution in [0.4, 0.5) is 0 Å². The topological polar surface area (TPSA) is 56.5 Å². The molecule has 0 atom stereocenters. The van der Waals surface area contributed by atoms with E-state index in [1.54, 1.807) is 28.9 Å². The minimum Gasteiger partial charge on any atom is -0.508 e. The maximum Gasteiger partial charge on any atom is 0.225 e. The summed E-state index contributed by atoms with van der Waals surface area (Å²) >= 11 is 0. The van der Waals surface area contributed by atoms with Crippen molar-refractivity contribution in [2.24, 2.45) is 7.05 Å². The normalized spacial score (nSPS) is 11.0. The van der Waals surface area contributed by atoms with Gasteiger partial charge in [-0.05, 0) is 61.9 Å². The molecular formula is C21H22N2O3. The van der Waals surface area contributed by atoms with E-state index in [4.69, 9.17) is 9.47 Å². The first-order valence-corrected chi connectivity index (χ1v) is 8.51. The molecule has 0 aliphatic heterocycles. The minimum atomic E-state index is 0.209. The maximum absolute atomic E-state index is 9.32. The van der Waals surface area contributed by atoms with E-state index in [1.165, 1.54) is 0 Å². The van der Waals surface area contributed by atoms with Crippen molar-refractivity contribution < 1.29 is 14.6 Å². The molecule has 0 aliphatic carbocycles. The van der Waals surface area contributed by atoms with Crippen molar-refractivity contribution >= 4 is 6.08 Å². The van der Waals surface area contributed by atoms with Crippen LogP contribution < -0.4 is 9.47 Å². The van der Waals surface area contributed by atoms with Crippen molar-refractivity contribution in [1.29, 1.82) is 0 Å². The lowest BCUT2D eigenvalue weighted by Crippen LogP contribution is -1.96. The molecule has 3 rings (SSSR count). The van der Waals surface area contributed by atoms with Crippen molar-refractivity contribution in [3.8, 4) is 28.9 Å². The molecule has 0 saturated carbocycles. The van der Waals surface area contributed by atoms with Gasteiger partial charge in [-0.1, -0.05) is 19.1 Å². The first-order valence-electron chi connectivity index (χ1n) is 8.51. The van der Waals surface area contributed by atoms with Crippen molar-refractivity contribution in [2.45, 2.75) is 20.3 Å². The van der Waals surface area contributed by atoms with Crippen molar-refractivity contribution in [2.75, 3.05) is 0 Å². The number of hydrogen-bond donors (Lipinski definition) is 1. The summed E-state index contributed by atoms with van der Waals surface area (Å²) in [5, 5.41) is 13.8. The third kappa shape index (κ3) is 4.06. The van der Waals surface area contributed by atoms with Crippen LogP contribution in [0.5, 0.6) is 28.9 Å². The molecule has 1 N–H and O–H groups in total. The van der Waals surface area contributed by atoms with E-state index in [2.05, 4.69) is 18.1 Å². The van der Waals surface area contributed by atoms with Gasteiger partial charge in [0, 0.05) is 7.05 Å². The molecule has 26 heavy (non-hydrogen) atoms. The third-order valence-electron chi connectivity index (χ3n) is 3.85. The van der Waals surface area contributed by atoms with E-state index >= 15 is 0 Å². The van der Waals surface area contributed by atoms with Gasteiger partial charge >= 0.3 is 0 Å². The van der Waals surface area contributed by atoms with Crippen molar-refractivity contribution in [1.82, 2.24) is 9.78 Å². The summed E-state index contributed by atoms with van der Waals surface area (Å²) in [5.41, 5.74) is 1.92. The fraction of sp³-hybridized carbons (Fsp3) is 0.190. The highest BCUT2D eigenvalue weighted by Crippen LogP contribution is 2.30. The van der Waals surface area contributed by atoms with Gasteiger partial charge in [-0.2, -0.15) is 5.10 Å². The number of nitrogens with zero attached hydrogens (tertiary/aromatic N) is 2. The first kappa shape index (κ1) is 17.6. The lowest BCUT2D eigenvalue weighted by molar-refractivity contribution is 0.427. The second kappa shape index (κ2) is 7.78. The molecule has 0 aliphatic rings. The van der Waals surface area contributed by atoms with Crippen LogP contribution in [-0.4, -0.2) is 14.9 Å². The molecule has 0 unspecified atom stereocenters. The summed E-state index contributed by atoms with van der Waals surface area (Å²) in [6.45, 7) is 4.06. The highest BCUT2D eigenvalue weighted by Gasteiger charge is 2.13. The number of rotatable bonds is 6. The Morgan fingerprint density at radius 2 is 1.50 bits per heavy atom. The summed E-state index contributed by atoms with van der Waals surface area (Å²) in [7, 11) is 1.87. The summed E-state index contributed by atoms with van der Waals surface area (Å²) in [6.07, 6.45) is 5.09. The molecule has 0 radical (unpaired) electrons. The molecular weight excluding hydrogens is 328 g/mol. The van der Waals surface area contributed by atoms with Gasteiger partial charge in [-0.15, -0.1) is 0 Å². The lowest BCUT2D eigenvalue weighted by atomic mass is 10.2. The van der Waals surface area contributed by atoms with Crippen LogP contribution in [0.25, 0.3) is 6.08 Å². The largest absolute Gasteiger partial charge is 0.508 e. The number of ether oxygens (including phenoxy) is 2. The fourth-order valence-corrected chi connectivity index (χ4v) is 2.54. The Morgan fingerprint density at radius 3 is 2.08 bits per heavy atom. The van der Waals surface area contributed by atoms with Gasteiger partial charge in [0.25, 0.3) is 0 Å². The molecule has 0 bridgehead atoms. The van der Waals surface area contributed by atoms with E-state index in [9.17, 15) is 5.11 Å². The molecule has 5 nitrogen and oxygen atoms in total. The van der Waals surface area contributed by atoms with Gasteiger partial charge < -0.3 is 14.6 Å². The monoisotopic (exact) mass is 350 g/mol. The van der Waals surface area contributed by atoms with Crippen LogP contribution in [0, 0.1) is 6.92 Å². The van der Waals surface area contributed by atoms with E-state index in [-0.39, 0.29) is 5.75 Å². The molecule has 1 heterocycles. The Morgan fingerprint density at radius 1 is 0.962 bits per heavy atom. The van der Waals surface area contributed by atoms with Crippen LogP contribution in [0.15, 0.2) is 54.6 Å². The van der Waals surface area contributed by atoms with Gasteiger partial charge in [0.05, 0.1) is 11.3 Å². The molecule has 0 amide bonds. The Balaban J connectivity index is 1.75. The lowest BCUT2D eigenvalue weighted by Gasteiger charge is -2.09. The quantitative estimate of drug-likeness (QED) is 0.643. The Bertz CT molecular complexity index is 894. The van der Waals surface area contributed by atoms with E-state index in [1.807, 2.05) is 44.3 Å². The molecule has 2 aromatic carbocycles. The molecule has 0 saturated heterocycles. The van der Waals surface area contributed by atoms with E-state index in [0.29, 0.717) is 23.1 Å². The highest BCUT2D eigenvalue weighted by atomic mass is 16.5. The van der Waals surface area contributed by atoms with Crippen LogP contribution in [-0.2, 0) is 7.05 Å². The van der Waals surface area contributed by atoms with Crippen molar-refractivity contribution in [3.05, 3.63) is 65.9 Å². The van der Waals surface area contributed by atoms with Crippen LogP contribution in [0.3, 0.4) is 0 Å². The Hall–Kier alpha value is -3.21. The summed E-state index contributed by atoms with van der Waals surface area (Å²) in [4.78, 5) is 0. The molecule has 0 spiro atoms. The fourth-order valence-electron chi connectivity index (χ4n) is 2.54. The number of allylic oxidation sites excluding steroid dienone is 1. The Labute approximate surface area is 153 Å². The number of phenolic OH excluding ortho intramolecular Hbond substituents is 1. The third-order valence-corrected chi connectivity index (χ3v) is 3.85. The Kier molecular flexibility index (Phi) is 5.27. The van der Waals surface area contributed by atoms with Crippen LogP contribution in [0.2, 0.25) is 0 Å². The second-order valence-corrected chi connectivity index (χ2v) is 5.91. The van der Waals surface area contributed by atoms with Gasteiger partial charge in [0.15, 0.2) is 0 Å². The SMILES string of the molecule is CC/C=C/c1c(C)nn(C)c1Oc1ccc(Oc2ccc(O)cc2)cc1. The van der Waals surface area contributed by atoms with Gasteiger partial charge in [-0.3, -0.25) is 0 Å². The number of aryl methyl sites for hydroxylation is 2. The molecule has 134 valence electrons. The zero-order valence-electron chi connectivity index (χ0n) is 15.1. The van der Waals surface area contributed by atoms with E-state index < -0.39 is 0 Å².